The summed E-state index contributed by atoms with van der Waals surface area (Å²) in [5.41, 5.74) is 0.702. The summed E-state index contributed by atoms with van der Waals surface area (Å²) >= 11 is 2.10. The molecule has 2 heteroatoms. The van der Waals surface area contributed by atoms with Gasteiger partial charge in [-0.3, -0.25) is 0 Å². The van der Waals surface area contributed by atoms with E-state index in [1.54, 1.807) is 0 Å². The molecule has 1 aliphatic heterocycles. The first-order valence-corrected chi connectivity index (χ1v) is 6.81. The summed E-state index contributed by atoms with van der Waals surface area (Å²) in [7, 11) is 0. The number of hydrogen-bond acceptors (Lipinski definition) is 2. The third kappa shape index (κ3) is 2.21. The summed E-state index contributed by atoms with van der Waals surface area (Å²) in [6.45, 7) is 3.64. The summed E-state index contributed by atoms with van der Waals surface area (Å²) in [6.07, 6.45) is 7.17. The molecule has 13 heavy (non-hydrogen) atoms. The summed E-state index contributed by atoms with van der Waals surface area (Å²) in [6, 6.07) is 0.828. The average molecular weight is 199 g/mol. The van der Waals surface area contributed by atoms with E-state index in [0.717, 1.165) is 6.04 Å². The van der Waals surface area contributed by atoms with Gasteiger partial charge in [-0.1, -0.05) is 13.3 Å². The summed E-state index contributed by atoms with van der Waals surface area (Å²) in [5, 5.41) is 3.75. The molecule has 0 spiro atoms. The second kappa shape index (κ2) is 4.22. The Hall–Kier alpha value is 0.310. The highest BCUT2D eigenvalue weighted by Crippen LogP contribution is 2.43. The Kier molecular flexibility index (Phi) is 3.20. The van der Waals surface area contributed by atoms with E-state index in [4.69, 9.17) is 0 Å². The van der Waals surface area contributed by atoms with E-state index in [1.807, 2.05) is 0 Å². The van der Waals surface area contributed by atoms with Crippen LogP contribution in [0.4, 0.5) is 0 Å². The zero-order valence-electron chi connectivity index (χ0n) is 8.64. The van der Waals surface area contributed by atoms with Crippen LogP contribution in [0.5, 0.6) is 0 Å². The first-order chi connectivity index (χ1) is 6.35. The van der Waals surface area contributed by atoms with Gasteiger partial charge in [-0.15, -0.1) is 0 Å². The number of hydrogen-bond donors (Lipinski definition) is 1. The minimum Gasteiger partial charge on any atom is -0.313 e. The van der Waals surface area contributed by atoms with Gasteiger partial charge < -0.3 is 5.32 Å². The van der Waals surface area contributed by atoms with E-state index < -0.39 is 0 Å². The average Bonchev–Trinajstić information content (AvgIpc) is 2.56. The van der Waals surface area contributed by atoms with Crippen molar-refractivity contribution < 1.29 is 0 Å². The molecule has 1 aliphatic carbocycles. The molecular weight excluding hydrogens is 178 g/mol. The molecule has 0 aromatic rings. The number of rotatable bonds is 4. The van der Waals surface area contributed by atoms with E-state index in [9.17, 15) is 0 Å². The monoisotopic (exact) mass is 199 g/mol. The molecule has 1 atom stereocenters. The molecule has 1 saturated carbocycles. The van der Waals surface area contributed by atoms with Crippen LogP contribution >= 0.6 is 11.8 Å². The lowest BCUT2D eigenvalue weighted by Crippen LogP contribution is -2.43. The fourth-order valence-electron chi connectivity index (χ4n) is 2.39. The van der Waals surface area contributed by atoms with Gasteiger partial charge in [0.1, 0.15) is 0 Å². The Labute approximate surface area is 86.0 Å². The zero-order valence-corrected chi connectivity index (χ0v) is 9.46. The lowest BCUT2D eigenvalue weighted by atomic mass is 9.67. The fourth-order valence-corrected chi connectivity index (χ4v) is 3.58. The molecule has 1 heterocycles. The van der Waals surface area contributed by atoms with Gasteiger partial charge in [0, 0.05) is 18.3 Å². The van der Waals surface area contributed by atoms with Crippen LogP contribution in [-0.2, 0) is 0 Å². The molecule has 2 aliphatic rings. The first kappa shape index (κ1) is 9.85. The van der Waals surface area contributed by atoms with Crippen molar-refractivity contribution in [2.75, 3.05) is 18.1 Å². The van der Waals surface area contributed by atoms with Gasteiger partial charge in [-0.25, -0.2) is 0 Å². The molecule has 76 valence electrons. The molecule has 0 radical (unpaired) electrons. The number of nitrogens with one attached hydrogen (secondary N) is 1. The van der Waals surface area contributed by atoms with Crippen LogP contribution < -0.4 is 5.32 Å². The standard InChI is InChI=1S/C11H21NS/c1-2-11(5-3-6-11)9-12-10-4-7-13-8-10/h10,12H,2-9H2,1H3. The normalized spacial score (nSPS) is 31.6. The Balaban J connectivity index is 1.71. The minimum absolute atomic E-state index is 0.702. The van der Waals surface area contributed by atoms with Gasteiger partial charge in [0.2, 0.25) is 0 Å². The highest BCUT2D eigenvalue weighted by molar-refractivity contribution is 7.99. The summed E-state index contributed by atoms with van der Waals surface area (Å²) in [4.78, 5) is 0. The maximum atomic E-state index is 3.75. The van der Waals surface area contributed by atoms with Crippen LogP contribution in [0.25, 0.3) is 0 Å². The molecule has 0 aromatic heterocycles. The topological polar surface area (TPSA) is 12.0 Å². The predicted octanol–water partition coefficient (Wildman–Crippen LogP) is 2.66. The Morgan fingerprint density at radius 3 is 2.77 bits per heavy atom. The Morgan fingerprint density at radius 1 is 1.46 bits per heavy atom. The van der Waals surface area contributed by atoms with E-state index in [0.29, 0.717) is 5.41 Å². The second-order valence-electron chi connectivity index (χ2n) is 4.65. The largest absolute Gasteiger partial charge is 0.313 e. The summed E-state index contributed by atoms with van der Waals surface area (Å²) < 4.78 is 0. The molecule has 0 amide bonds. The van der Waals surface area contributed by atoms with Crippen molar-refractivity contribution in [3.63, 3.8) is 0 Å². The highest BCUT2D eigenvalue weighted by atomic mass is 32.2. The molecule has 1 N–H and O–H groups in total. The van der Waals surface area contributed by atoms with Crippen LogP contribution in [0.15, 0.2) is 0 Å². The van der Waals surface area contributed by atoms with Crippen molar-refractivity contribution in [2.24, 2.45) is 5.41 Å². The molecule has 1 nitrogen and oxygen atoms in total. The lowest BCUT2D eigenvalue weighted by molar-refractivity contribution is 0.120. The van der Waals surface area contributed by atoms with Crippen molar-refractivity contribution >= 4 is 11.8 Å². The maximum absolute atomic E-state index is 3.75. The molecule has 0 aromatic carbocycles. The lowest BCUT2D eigenvalue weighted by Gasteiger charge is -2.42. The minimum atomic E-state index is 0.702. The van der Waals surface area contributed by atoms with Gasteiger partial charge in [0.05, 0.1) is 0 Å². The first-order valence-electron chi connectivity index (χ1n) is 5.66. The van der Waals surface area contributed by atoms with Gasteiger partial charge in [0.25, 0.3) is 0 Å². The van der Waals surface area contributed by atoms with Crippen LogP contribution in [-0.4, -0.2) is 24.1 Å². The van der Waals surface area contributed by atoms with E-state index in [-0.39, 0.29) is 0 Å². The highest BCUT2D eigenvalue weighted by Gasteiger charge is 2.35. The van der Waals surface area contributed by atoms with Crippen LogP contribution in [0.1, 0.15) is 39.0 Å². The van der Waals surface area contributed by atoms with Crippen LogP contribution in [0.3, 0.4) is 0 Å². The van der Waals surface area contributed by atoms with Crippen molar-refractivity contribution in [1.29, 1.82) is 0 Å². The van der Waals surface area contributed by atoms with Crippen LogP contribution in [0.2, 0.25) is 0 Å². The van der Waals surface area contributed by atoms with Crippen molar-refractivity contribution in [3.05, 3.63) is 0 Å². The summed E-state index contributed by atoms with van der Waals surface area (Å²) in [5.74, 6) is 2.72. The molecule has 2 rings (SSSR count). The molecule has 1 saturated heterocycles. The van der Waals surface area contributed by atoms with E-state index in [2.05, 4.69) is 24.0 Å². The maximum Gasteiger partial charge on any atom is 0.0166 e. The third-order valence-corrected chi connectivity index (χ3v) is 5.02. The Bertz CT molecular complexity index is 154. The molecule has 1 unspecified atom stereocenters. The van der Waals surface area contributed by atoms with Crippen molar-refractivity contribution in [2.45, 2.75) is 45.1 Å². The van der Waals surface area contributed by atoms with E-state index >= 15 is 0 Å². The zero-order chi connectivity index (χ0) is 9.15. The fraction of sp³-hybridized carbons (Fsp3) is 1.00. The third-order valence-electron chi connectivity index (χ3n) is 3.86. The van der Waals surface area contributed by atoms with Crippen LogP contribution in [0, 0.1) is 5.41 Å². The van der Waals surface area contributed by atoms with Crippen molar-refractivity contribution in [1.82, 2.24) is 5.32 Å². The smallest absolute Gasteiger partial charge is 0.0166 e. The van der Waals surface area contributed by atoms with Gasteiger partial charge in [-0.05, 0) is 36.9 Å². The van der Waals surface area contributed by atoms with Crippen molar-refractivity contribution in [3.8, 4) is 0 Å². The number of thioether (sulfide) groups is 1. The quantitative estimate of drug-likeness (QED) is 0.747. The van der Waals surface area contributed by atoms with Gasteiger partial charge in [-0.2, -0.15) is 11.8 Å². The van der Waals surface area contributed by atoms with Gasteiger partial charge >= 0.3 is 0 Å². The Morgan fingerprint density at radius 2 is 2.31 bits per heavy atom. The SMILES string of the molecule is CCC1(CNC2CCSC2)CCC1. The molecular formula is C11H21NS. The second-order valence-corrected chi connectivity index (χ2v) is 5.80. The molecule has 0 bridgehead atoms. The van der Waals surface area contributed by atoms with E-state index in [1.165, 1.54) is 50.2 Å². The van der Waals surface area contributed by atoms with Gasteiger partial charge in [0.15, 0.2) is 0 Å². The molecule has 2 fully saturated rings. The predicted molar refractivity (Wildman–Crippen MR) is 60.3 cm³/mol.